The summed E-state index contributed by atoms with van der Waals surface area (Å²) in [7, 11) is 3.12. The average Bonchev–Trinajstić information content (AvgIpc) is 2.28. The number of methoxy groups -OCH3 is 2. The van der Waals surface area contributed by atoms with Gasteiger partial charge in [0.15, 0.2) is 0 Å². The third kappa shape index (κ3) is 3.98. The van der Waals surface area contributed by atoms with E-state index in [1.165, 1.54) is 13.2 Å². The molecule has 1 aromatic carbocycles. The van der Waals surface area contributed by atoms with Crippen molar-refractivity contribution in [1.82, 2.24) is 0 Å². The van der Waals surface area contributed by atoms with E-state index in [0.29, 0.717) is 24.3 Å². The summed E-state index contributed by atoms with van der Waals surface area (Å²) in [6.07, 6.45) is 0.515. The molecule has 0 N–H and O–H groups in total. The number of halogens is 1. The maximum absolute atomic E-state index is 10.9. The molecular formula is C11H14BrNO4. The van der Waals surface area contributed by atoms with Gasteiger partial charge in [-0.2, -0.15) is 0 Å². The van der Waals surface area contributed by atoms with Crippen LogP contribution in [0.1, 0.15) is 5.56 Å². The molecule has 1 rings (SSSR count). The first kappa shape index (κ1) is 13.9. The summed E-state index contributed by atoms with van der Waals surface area (Å²) in [6, 6.07) is 4.73. The number of nitrogens with zero attached hydrogens (tertiary/aromatic N) is 1. The monoisotopic (exact) mass is 303 g/mol. The van der Waals surface area contributed by atoms with E-state index in [-0.39, 0.29) is 15.4 Å². The van der Waals surface area contributed by atoms with Crippen molar-refractivity contribution >= 4 is 21.6 Å². The topological polar surface area (TPSA) is 61.6 Å². The Morgan fingerprint density at radius 2 is 2.18 bits per heavy atom. The molecule has 1 atom stereocenters. The Morgan fingerprint density at radius 1 is 1.47 bits per heavy atom. The predicted molar refractivity (Wildman–Crippen MR) is 67.9 cm³/mol. The molecular weight excluding hydrogens is 290 g/mol. The predicted octanol–water partition coefficient (Wildman–Crippen LogP) is 2.56. The molecule has 0 radical (unpaired) electrons. The Morgan fingerprint density at radius 3 is 2.71 bits per heavy atom. The molecule has 0 fully saturated rings. The highest BCUT2D eigenvalue weighted by Crippen LogP contribution is 2.26. The van der Waals surface area contributed by atoms with E-state index >= 15 is 0 Å². The highest BCUT2D eigenvalue weighted by atomic mass is 79.9. The van der Waals surface area contributed by atoms with Crippen molar-refractivity contribution < 1.29 is 14.4 Å². The Hall–Kier alpha value is -1.14. The molecule has 0 aromatic heterocycles. The van der Waals surface area contributed by atoms with Crippen LogP contribution in [0.15, 0.2) is 18.2 Å². The summed E-state index contributed by atoms with van der Waals surface area (Å²) in [4.78, 5) is 10.5. The zero-order chi connectivity index (χ0) is 12.8. The van der Waals surface area contributed by atoms with Crippen molar-refractivity contribution in [3.63, 3.8) is 0 Å². The van der Waals surface area contributed by atoms with E-state index < -0.39 is 0 Å². The highest BCUT2D eigenvalue weighted by molar-refractivity contribution is 9.09. The lowest BCUT2D eigenvalue weighted by Gasteiger charge is -2.10. The van der Waals surface area contributed by atoms with Crippen molar-refractivity contribution in [2.45, 2.75) is 11.2 Å². The largest absolute Gasteiger partial charge is 0.497 e. The van der Waals surface area contributed by atoms with Gasteiger partial charge in [0.05, 0.1) is 18.6 Å². The quantitative estimate of drug-likeness (QED) is 0.460. The molecule has 0 saturated carbocycles. The Labute approximate surface area is 108 Å². The Balaban J connectivity index is 2.96. The van der Waals surface area contributed by atoms with Gasteiger partial charge < -0.3 is 9.47 Å². The molecule has 0 spiro atoms. The summed E-state index contributed by atoms with van der Waals surface area (Å²) >= 11 is 3.42. The molecule has 1 unspecified atom stereocenters. The molecule has 17 heavy (non-hydrogen) atoms. The van der Waals surface area contributed by atoms with Crippen molar-refractivity contribution in [2.75, 3.05) is 20.8 Å². The number of nitro benzene ring substituents is 1. The van der Waals surface area contributed by atoms with Crippen LogP contribution < -0.4 is 4.74 Å². The van der Waals surface area contributed by atoms with Crippen LogP contribution in [0.4, 0.5) is 5.69 Å². The standard InChI is InChI=1S/C11H14BrNO4/c1-16-7-9(12)5-8-6-10(17-2)3-4-11(8)13(14)15/h3-4,6,9H,5,7H2,1-2H3. The Kier molecular flexibility index (Phi) is 5.37. The van der Waals surface area contributed by atoms with Gasteiger partial charge in [-0.05, 0) is 18.6 Å². The van der Waals surface area contributed by atoms with Crippen LogP contribution in [0.2, 0.25) is 0 Å². The molecule has 0 saturated heterocycles. The molecule has 0 bridgehead atoms. The molecule has 0 heterocycles. The fraction of sp³-hybridized carbons (Fsp3) is 0.455. The summed E-state index contributed by atoms with van der Waals surface area (Å²) in [5.74, 6) is 0.614. The van der Waals surface area contributed by atoms with Gasteiger partial charge in [0.25, 0.3) is 5.69 Å². The van der Waals surface area contributed by atoms with E-state index in [2.05, 4.69) is 15.9 Å². The smallest absolute Gasteiger partial charge is 0.272 e. The molecule has 5 nitrogen and oxygen atoms in total. The van der Waals surface area contributed by atoms with Crippen LogP contribution >= 0.6 is 15.9 Å². The van der Waals surface area contributed by atoms with Gasteiger partial charge >= 0.3 is 0 Å². The molecule has 6 heteroatoms. The van der Waals surface area contributed by atoms with Gasteiger partial charge in [-0.15, -0.1) is 0 Å². The van der Waals surface area contributed by atoms with Crippen LogP contribution in [-0.2, 0) is 11.2 Å². The van der Waals surface area contributed by atoms with Gasteiger partial charge in [0.1, 0.15) is 5.75 Å². The third-order valence-corrected chi connectivity index (χ3v) is 2.86. The second-order valence-corrected chi connectivity index (χ2v) is 4.80. The van der Waals surface area contributed by atoms with Crippen molar-refractivity contribution in [3.8, 4) is 5.75 Å². The van der Waals surface area contributed by atoms with E-state index in [4.69, 9.17) is 9.47 Å². The van der Waals surface area contributed by atoms with Crippen molar-refractivity contribution in [1.29, 1.82) is 0 Å². The molecule has 0 aliphatic heterocycles. The lowest BCUT2D eigenvalue weighted by Crippen LogP contribution is -2.11. The van der Waals surface area contributed by atoms with E-state index in [0.717, 1.165) is 0 Å². The minimum absolute atomic E-state index is 0.0401. The van der Waals surface area contributed by atoms with Gasteiger partial charge in [-0.25, -0.2) is 0 Å². The summed E-state index contributed by atoms with van der Waals surface area (Å²) < 4.78 is 10.0. The maximum atomic E-state index is 10.9. The van der Waals surface area contributed by atoms with Crippen LogP contribution in [0.3, 0.4) is 0 Å². The SMILES string of the molecule is COCC(Br)Cc1cc(OC)ccc1[N+](=O)[O-]. The lowest BCUT2D eigenvalue weighted by molar-refractivity contribution is -0.385. The van der Waals surface area contributed by atoms with E-state index in [9.17, 15) is 10.1 Å². The molecule has 1 aromatic rings. The van der Waals surface area contributed by atoms with Crippen LogP contribution in [0.5, 0.6) is 5.75 Å². The normalized spacial score (nSPS) is 12.2. The molecule has 0 amide bonds. The third-order valence-electron chi connectivity index (χ3n) is 2.27. The number of nitro groups is 1. The van der Waals surface area contributed by atoms with Crippen LogP contribution in [-0.4, -0.2) is 30.6 Å². The number of rotatable bonds is 6. The first-order chi connectivity index (χ1) is 8.08. The minimum Gasteiger partial charge on any atom is -0.497 e. The minimum atomic E-state index is -0.388. The van der Waals surface area contributed by atoms with Crippen LogP contribution in [0, 0.1) is 10.1 Å². The second kappa shape index (κ2) is 6.56. The van der Waals surface area contributed by atoms with Gasteiger partial charge in [-0.1, -0.05) is 15.9 Å². The zero-order valence-corrected chi connectivity index (χ0v) is 11.3. The average molecular weight is 304 g/mol. The highest BCUT2D eigenvalue weighted by Gasteiger charge is 2.17. The molecule has 0 aliphatic carbocycles. The fourth-order valence-corrected chi connectivity index (χ4v) is 2.12. The number of hydrogen-bond donors (Lipinski definition) is 0. The lowest BCUT2D eigenvalue weighted by atomic mass is 10.1. The maximum Gasteiger partial charge on any atom is 0.272 e. The summed E-state index contributed by atoms with van der Waals surface area (Å²) in [6.45, 7) is 0.494. The number of ether oxygens (including phenoxy) is 2. The first-order valence-electron chi connectivity index (χ1n) is 5.02. The van der Waals surface area contributed by atoms with Crippen molar-refractivity contribution in [3.05, 3.63) is 33.9 Å². The van der Waals surface area contributed by atoms with Crippen LogP contribution in [0.25, 0.3) is 0 Å². The van der Waals surface area contributed by atoms with Gasteiger partial charge in [0, 0.05) is 23.6 Å². The number of benzene rings is 1. The van der Waals surface area contributed by atoms with E-state index in [1.54, 1.807) is 19.2 Å². The zero-order valence-electron chi connectivity index (χ0n) is 9.68. The number of alkyl halides is 1. The first-order valence-corrected chi connectivity index (χ1v) is 5.94. The summed E-state index contributed by atoms with van der Waals surface area (Å²) in [5, 5.41) is 10.9. The van der Waals surface area contributed by atoms with Crippen molar-refractivity contribution in [2.24, 2.45) is 0 Å². The molecule has 94 valence electrons. The van der Waals surface area contributed by atoms with E-state index in [1.807, 2.05) is 0 Å². The summed E-state index contributed by atoms with van der Waals surface area (Å²) in [5.41, 5.74) is 0.736. The second-order valence-electron chi connectivity index (χ2n) is 3.51. The number of hydrogen-bond acceptors (Lipinski definition) is 4. The fourth-order valence-electron chi connectivity index (χ4n) is 1.51. The Bertz CT molecular complexity index is 397. The van der Waals surface area contributed by atoms with Gasteiger partial charge in [-0.3, -0.25) is 10.1 Å². The molecule has 0 aliphatic rings. The van der Waals surface area contributed by atoms with Gasteiger partial charge in [0.2, 0.25) is 0 Å².